The van der Waals surface area contributed by atoms with Gasteiger partial charge in [-0.15, -0.1) is 0 Å². The van der Waals surface area contributed by atoms with Crippen molar-refractivity contribution in [3.8, 4) is 11.4 Å². The van der Waals surface area contributed by atoms with Crippen molar-refractivity contribution in [1.29, 1.82) is 0 Å². The van der Waals surface area contributed by atoms with Crippen molar-refractivity contribution < 1.29 is 14.3 Å². The van der Waals surface area contributed by atoms with Crippen LogP contribution >= 0.6 is 0 Å². The second-order valence-corrected chi connectivity index (χ2v) is 7.04. The molecule has 4 rings (SSSR count). The zero-order chi connectivity index (χ0) is 17.8. The first-order valence-corrected chi connectivity index (χ1v) is 9.38. The third-order valence-electron chi connectivity index (χ3n) is 5.51. The molecule has 2 atom stereocenters. The quantitative estimate of drug-likeness (QED) is 0.884. The van der Waals surface area contributed by atoms with Crippen molar-refractivity contribution >= 4 is 5.91 Å². The van der Waals surface area contributed by atoms with E-state index in [9.17, 15) is 4.79 Å². The van der Waals surface area contributed by atoms with Gasteiger partial charge in [-0.3, -0.25) is 4.79 Å². The van der Waals surface area contributed by atoms with Crippen LogP contribution in [0, 0.1) is 11.8 Å². The van der Waals surface area contributed by atoms with Crippen molar-refractivity contribution in [3.05, 3.63) is 42.2 Å². The van der Waals surface area contributed by atoms with E-state index in [2.05, 4.69) is 15.3 Å². The molecule has 2 fully saturated rings. The molecule has 1 amide bonds. The number of hydrogen-bond acceptors (Lipinski definition) is 4. The van der Waals surface area contributed by atoms with E-state index >= 15 is 0 Å². The minimum Gasteiger partial charge on any atom is -0.381 e. The maximum absolute atomic E-state index is 13.0. The summed E-state index contributed by atoms with van der Waals surface area (Å²) in [6, 6.07) is 7.74. The topological polar surface area (TPSA) is 76.2 Å². The molecular formula is C20H25N3O3. The zero-order valence-electron chi connectivity index (χ0n) is 14.8. The Morgan fingerprint density at radius 1 is 1.12 bits per heavy atom. The van der Waals surface area contributed by atoms with Crippen molar-refractivity contribution in [2.45, 2.75) is 25.3 Å². The standard InChI is InChI=1S/C20H25N3O3/c24-20(16-4-2-1-3-15(16)19-21-8-9-22-19)23-18-7-12-26-13-17(18)14-5-10-25-11-6-14/h1-4,8-9,14,17-18H,5-7,10-13H2,(H,21,22)(H,23,24)/t17-,18-/m1/s1. The summed E-state index contributed by atoms with van der Waals surface area (Å²) in [7, 11) is 0. The van der Waals surface area contributed by atoms with Gasteiger partial charge in [0.15, 0.2) is 0 Å². The second-order valence-electron chi connectivity index (χ2n) is 7.04. The van der Waals surface area contributed by atoms with E-state index in [0.717, 1.165) is 44.6 Å². The van der Waals surface area contributed by atoms with Gasteiger partial charge in [0.25, 0.3) is 5.91 Å². The number of nitrogens with one attached hydrogen (secondary N) is 2. The largest absolute Gasteiger partial charge is 0.381 e. The fraction of sp³-hybridized carbons (Fsp3) is 0.500. The van der Waals surface area contributed by atoms with Crippen LogP contribution in [0.4, 0.5) is 0 Å². The summed E-state index contributed by atoms with van der Waals surface area (Å²) in [6.45, 7) is 3.03. The summed E-state index contributed by atoms with van der Waals surface area (Å²) in [5.41, 5.74) is 1.48. The molecule has 0 radical (unpaired) electrons. The van der Waals surface area contributed by atoms with E-state index in [0.29, 0.717) is 29.8 Å². The number of ether oxygens (including phenoxy) is 2. The number of carbonyl (C=O) groups is 1. The number of aromatic nitrogens is 2. The van der Waals surface area contributed by atoms with Gasteiger partial charge in [0.1, 0.15) is 5.82 Å². The van der Waals surface area contributed by atoms with Crippen molar-refractivity contribution in [3.63, 3.8) is 0 Å². The van der Waals surface area contributed by atoms with Crippen LogP contribution in [0.25, 0.3) is 11.4 Å². The van der Waals surface area contributed by atoms with E-state index in [1.807, 2.05) is 24.3 Å². The smallest absolute Gasteiger partial charge is 0.252 e. The molecule has 6 nitrogen and oxygen atoms in total. The Balaban J connectivity index is 1.52. The predicted octanol–water partition coefficient (Wildman–Crippen LogP) is 2.64. The number of carbonyl (C=O) groups excluding carboxylic acids is 1. The average Bonchev–Trinajstić information content (AvgIpc) is 3.24. The molecular weight excluding hydrogens is 330 g/mol. The van der Waals surface area contributed by atoms with Crippen LogP contribution in [0.1, 0.15) is 29.6 Å². The van der Waals surface area contributed by atoms with Crippen LogP contribution in [0.15, 0.2) is 36.7 Å². The molecule has 1 aromatic heterocycles. The molecule has 0 unspecified atom stereocenters. The number of benzene rings is 1. The molecule has 1 aromatic carbocycles. The molecule has 138 valence electrons. The highest BCUT2D eigenvalue weighted by molar-refractivity contribution is 6.00. The highest BCUT2D eigenvalue weighted by atomic mass is 16.5. The monoisotopic (exact) mass is 355 g/mol. The molecule has 0 aliphatic carbocycles. The van der Waals surface area contributed by atoms with Crippen LogP contribution < -0.4 is 5.32 Å². The van der Waals surface area contributed by atoms with Crippen LogP contribution in [0.5, 0.6) is 0 Å². The fourth-order valence-corrected chi connectivity index (χ4v) is 4.09. The van der Waals surface area contributed by atoms with Gasteiger partial charge < -0.3 is 19.8 Å². The molecule has 26 heavy (non-hydrogen) atoms. The molecule has 2 N–H and O–H groups in total. The molecule has 0 saturated carbocycles. The minimum absolute atomic E-state index is 0.0408. The first-order valence-electron chi connectivity index (χ1n) is 9.38. The lowest BCUT2D eigenvalue weighted by Crippen LogP contribution is -2.49. The van der Waals surface area contributed by atoms with Crippen LogP contribution in [0.3, 0.4) is 0 Å². The van der Waals surface area contributed by atoms with Gasteiger partial charge in [-0.1, -0.05) is 18.2 Å². The van der Waals surface area contributed by atoms with E-state index < -0.39 is 0 Å². The molecule has 0 spiro atoms. The zero-order valence-corrected chi connectivity index (χ0v) is 14.8. The van der Waals surface area contributed by atoms with E-state index in [4.69, 9.17) is 9.47 Å². The minimum atomic E-state index is -0.0408. The highest BCUT2D eigenvalue weighted by Gasteiger charge is 2.34. The van der Waals surface area contributed by atoms with Gasteiger partial charge >= 0.3 is 0 Å². The van der Waals surface area contributed by atoms with E-state index in [-0.39, 0.29) is 11.9 Å². The van der Waals surface area contributed by atoms with Gasteiger partial charge in [-0.25, -0.2) is 4.98 Å². The Morgan fingerprint density at radius 3 is 2.73 bits per heavy atom. The molecule has 2 saturated heterocycles. The van der Waals surface area contributed by atoms with E-state index in [1.165, 1.54) is 0 Å². The van der Waals surface area contributed by atoms with Gasteiger partial charge in [0, 0.05) is 49.7 Å². The van der Waals surface area contributed by atoms with Gasteiger partial charge in [-0.05, 0) is 31.2 Å². The van der Waals surface area contributed by atoms with Crippen molar-refractivity contribution in [1.82, 2.24) is 15.3 Å². The van der Waals surface area contributed by atoms with Gasteiger partial charge in [0.05, 0.1) is 12.2 Å². The molecule has 2 aliphatic heterocycles. The number of H-pyrrole nitrogens is 1. The Bertz CT molecular complexity index is 726. The molecule has 2 aliphatic rings. The third-order valence-corrected chi connectivity index (χ3v) is 5.51. The number of hydrogen-bond donors (Lipinski definition) is 2. The normalized spacial score (nSPS) is 24.3. The SMILES string of the molecule is O=C(N[C@@H]1CCOC[C@@H]1C1CCOCC1)c1ccccc1-c1ncc[nH]1. The molecule has 3 heterocycles. The Morgan fingerprint density at radius 2 is 1.92 bits per heavy atom. The Hall–Kier alpha value is -2.18. The van der Waals surface area contributed by atoms with E-state index in [1.54, 1.807) is 12.4 Å². The van der Waals surface area contributed by atoms with Crippen molar-refractivity contribution in [2.24, 2.45) is 11.8 Å². The fourth-order valence-electron chi connectivity index (χ4n) is 4.09. The summed E-state index contributed by atoms with van der Waals surface area (Å²) >= 11 is 0. The van der Waals surface area contributed by atoms with Crippen molar-refractivity contribution in [2.75, 3.05) is 26.4 Å². The van der Waals surface area contributed by atoms with Crippen LogP contribution in [-0.2, 0) is 9.47 Å². The first kappa shape index (κ1) is 17.2. The van der Waals surface area contributed by atoms with Gasteiger partial charge in [0.2, 0.25) is 0 Å². The first-order chi connectivity index (χ1) is 12.8. The molecule has 0 bridgehead atoms. The average molecular weight is 355 g/mol. The summed E-state index contributed by atoms with van der Waals surface area (Å²) in [6.07, 6.45) is 6.41. The number of nitrogens with zero attached hydrogens (tertiary/aromatic N) is 1. The third kappa shape index (κ3) is 3.66. The number of rotatable bonds is 4. The molecule has 6 heteroatoms. The van der Waals surface area contributed by atoms with Crippen LogP contribution in [-0.4, -0.2) is 48.3 Å². The van der Waals surface area contributed by atoms with Gasteiger partial charge in [-0.2, -0.15) is 0 Å². The summed E-state index contributed by atoms with van der Waals surface area (Å²) in [5.74, 6) is 1.58. The highest BCUT2D eigenvalue weighted by Crippen LogP contribution is 2.31. The Labute approximate surface area is 153 Å². The maximum atomic E-state index is 13.0. The predicted molar refractivity (Wildman–Crippen MR) is 97.7 cm³/mol. The summed E-state index contributed by atoms with van der Waals surface area (Å²) in [4.78, 5) is 20.4. The number of amides is 1. The summed E-state index contributed by atoms with van der Waals surface area (Å²) in [5, 5.41) is 3.28. The lowest BCUT2D eigenvalue weighted by Gasteiger charge is -2.39. The summed E-state index contributed by atoms with van der Waals surface area (Å²) < 4.78 is 11.2. The Kier molecular flexibility index (Phi) is 5.32. The lowest BCUT2D eigenvalue weighted by molar-refractivity contribution is -0.0259. The van der Waals surface area contributed by atoms with Crippen LogP contribution in [0.2, 0.25) is 0 Å². The maximum Gasteiger partial charge on any atom is 0.252 e. The molecule has 2 aromatic rings. The lowest BCUT2D eigenvalue weighted by atomic mass is 9.79. The number of aromatic amines is 1. The second kappa shape index (κ2) is 8.01. The number of imidazole rings is 1.